The Morgan fingerprint density at radius 2 is 1.50 bits per heavy atom. The van der Waals surface area contributed by atoms with Crippen LogP contribution < -0.4 is 6.15 Å². The maximum absolute atomic E-state index is 2.08. The zero-order chi connectivity index (χ0) is 5.11. The third kappa shape index (κ3) is 1.76. The minimum atomic E-state index is 0. The average molecular weight is 109 g/mol. The fraction of sp³-hybridized carbons (Fsp3) is 0.143. The molecule has 0 heterocycles. The van der Waals surface area contributed by atoms with E-state index >= 15 is 0 Å². The standard InChI is InChI=1S/C7H8.H3N/c1-7-5-3-2-4-6-7;/h2-6H,1H3;1H3. The highest BCUT2D eigenvalue weighted by Crippen LogP contribution is 1.92. The molecule has 0 bridgehead atoms. The molecule has 8 heavy (non-hydrogen) atoms. The molecule has 1 rings (SSSR count). The Kier molecular flexibility index (Phi) is 2.89. The summed E-state index contributed by atoms with van der Waals surface area (Å²) in [6.07, 6.45) is 0. The van der Waals surface area contributed by atoms with E-state index in [9.17, 15) is 0 Å². The molecule has 1 heteroatoms. The number of aryl methyl sites for hydroxylation is 1. The molecule has 0 spiro atoms. The summed E-state index contributed by atoms with van der Waals surface area (Å²) >= 11 is 0. The van der Waals surface area contributed by atoms with Gasteiger partial charge in [0.2, 0.25) is 0 Å². The van der Waals surface area contributed by atoms with Crippen molar-refractivity contribution in [3.63, 3.8) is 0 Å². The molecule has 1 aromatic carbocycles. The van der Waals surface area contributed by atoms with Gasteiger partial charge in [-0.15, -0.1) is 0 Å². The van der Waals surface area contributed by atoms with E-state index in [1.807, 2.05) is 18.2 Å². The van der Waals surface area contributed by atoms with E-state index in [0.717, 1.165) is 0 Å². The van der Waals surface area contributed by atoms with Crippen LogP contribution in [0.2, 0.25) is 0 Å². The van der Waals surface area contributed by atoms with Gasteiger partial charge >= 0.3 is 0 Å². The van der Waals surface area contributed by atoms with E-state index in [4.69, 9.17) is 0 Å². The summed E-state index contributed by atoms with van der Waals surface area (Å²) in [6.45, 7) is 2.08. The molecular weight excluding hydrogens is 98.1 g/mol. The molecule has 1 aromatic rings. The number of benzene rings is 1. The minimum absolute atomic E-state index is 0. The van der Waals surface area contributed by atoms with Gasteiger partial charge in [-0.3, -0.25) is 0 Å². The minimum Gasteiger partial charge on any atom is -0.344 e. The van der Waals surface area contributed by atoms with Gasteiger partial charge in [0.05, 0.1) is 0 Å². The van der Waals surface area contributed by atoms with Crippen LogP contribution in [0.1, 0.15) is 5.56 Å². The van der Waals surface area contributed by atoms with Crippen LogP contribution in [0.15, 0.2) is 30.3 Å². The van der Waals surface area contributed by atoms with Gasteiger partial charge in [0.25, 0.3) is 0 Å². The molecule has 0 saturated carbocycles. The number of rotatable bonds is 0. The van der Waals surface area contributed by atoms with Crippen LogP contribution in [0.3, 0.4) is 0 Å². The summed E-state index contributed by atoms with van der Waals surface area (Å²) in [5.74, 6) is 0. The van der Waals surface area contributed by atoms with Gasteiger partial charge in [-0.1, -0.05) is 35.9 Å². The summed E-state index contributed by atoms with van der Waals surface area (Å²) in [6, 6.07) is 10.3. The van der Waals surface area contributed by atoms with Crippen LogP contribution in [0, 0.1) is 6.92 Å². The molecule has 0 aromatic heterocycles. The zero-order valence-corrected chi connectivity index (χ0v) is 5.09. The third-order valence-corrected chi connectivity index (χ3v) is 0.940. The summed E-state index contributed by atoms with van der Waals surface area (Å²) < 4.78 is 0. The molecule has 1 nitrogen and oxygen atoms in total. The van der Waals surface area contributed by atoms with Gasteiger partial charge in [0, 0.05) is 0 Å². The third-order valence-electron chi connectivity index (χ3n) is 0.940. The Morgan fingerprint density at radius 3 is 1.75 bits per heavy atom. The van der Waals surface area contributed by atoms with Crippen LogP contribution in [0.25, 0.3) is 0 Å². The molecule has 0 amide bonds. The maximum atomic E-state index is 2.08. The lowest BCUT2D eigenvalue weighted by Gasteiger charge is -1.82. The van der Waals surface area contributed by atoms with Crippen LogP contribution in [0.4, 0.5) is 0 Å². The van der Waals surface area contributed by atoms with Gasteiger partial charge in [-0.2, -0.15) is 0 Å². The second-order valence-electron chi connectivity index (χ2n) is 1.65. The summed E-state index contributed by atoms with van der Waals surface area (Å²) in [7, 11) is 0. The molecule has 3 N–H and O–H groups in total. The van der Waals surface area contributed by atoms with Crippen molar-refractivity contribution in [3.8, 4) is 0 Å². The van der Waals surface area contributed by atoms with Crippen LogP contribution in [-0.4, -0.2) is 0 Å². The van der Waals surface area contributed by atoms with E-state index in [0.29, 0.717) is 0 Å². The molecule has 0 atom stereocenters. The first-order valence-corrected chi connectivity index (χ1v) is 2.41. The highest BCUT2D eigenvalue weighted by atomic mass is 14.0. The van der Waals surface area contributed by atoms with Crippen molar-refractivity contribution in [2.45, 2.75) is 6.92 Å². The zero-order valence-electron chi connectivity index (χ0n) is 5.09. The quantitative estimate of drug-likeness (QED) is 0.544. The molecule has 0 saturated heterocycles. The van der Waals surface area contributed by atoms with E-state index in [2.05, 4.69) is 19.1 Å². The molecule has 0 unspecified atom stereocenters. The Morgan fingerprint density at radius 1 is 1.00 bits per heavy atom. The summed E-state index contributed by atoms with van der Waals surface area (Å²) in [4.78, 5) is 0. The lowest BCUT2D eigenvalue weighted by molar-refractivity contribution is 1.48. The fourth-order valence-corrected chi connectivity index (χ4v) is 0.534. The molecule has 0 aliphatic carbocycles. The molecule has 0 aliphatic heterocycles. The van der Waals surface area contributed by atoms with Gasteiger partial charge < -0.3 is 6.15 Å². The fourth-order valence-electron chi connectivity index (χ4n) is 0.534. The Hall–Kier alpha value is -0.820. The molecule has 0 radical (unpaired) electrons. The topological polar surface area (TPSA) is 35.0 Å². The number of hydrogen-bond donors (Lipinski definition) is 1. The van der Waals surface area contributed by atoms with Crippen LogP contribution in [0.5, 0.6) is 0 Å². The van der Waals surface area contributed by atoms with E-state index in [1.54, 1.807) is 0 Å². The van der Waals surface area contributed by atoms with Gasteiger partial charge in [0.1, 0.15) is 0 Å². The van der Waals surface area contributed by atoms with Crippen molar-refractivity contribution in [2.75, 3.05) is 0 Å². The van der Waals surface area contributed by atoms with Gasteiger partial charge in [-0.05, 0) is 6.92 Å². The SMILES string of the molecule is Cc1ccccc1.N. The first-order valence-electron chi connectivity index (χ1n) is 2.41. The van der Waals surface area contributed by atoms with Crippen molar-refractivity contribution in [1.82, 2.24) is 6.15 Å². The first-order chi connectivity index (χ1) is 3.39. The normalized spacial score (nSPS) is 7.62. The number of hydrogen-bond acceptors (Lipinski definition) is 1. The van der Waals surface area contributed by atoms with Crippen molar-refractivity contribution in [2.24, 2.45) is 0 Å². The van der Waals surface area contributed by atoms with Gasteiger partial charge in [0.15, 0.2) is 0 Å². The second-order valence-corrected chi connectivity index (χ2v) is 1.65. The Bertz CT molecular complexity index is 134. The van der Waals surface area contributed by atoms with Crippen molar-refractivity contribution in [1.29, 1.82) is 0 Å². The predicted octanol–water partition coefficient (Wildman–Crippen LogP) is 2.16. The van der Waals surface area contributed by atoms with Crippen molar-refractivity contribution >= 4 is 0 Å². The summed E-state index contributed by atoms with van der Waals surface area (Å²) in [5, 5.41) is 0. The lowest BCUT2D eigenvalue weighted by Crippen LogP contribution is -1.62. The van der Waals surface area contributed by atoms with Crippen LogP contribution >= 0.6 is 0 Å². The Labute approximate surface area is 49.9 Å². The molecule has 0 fully saturated rings. The van der Waals surface area contributed by atoms with Gasteiger partial charge in [-0.25, -0.2) is 0 Å². The largest absolute Gasteiger partial charge is 0.344 e. The van der Waals surface area contributed by atoms with E-state index < -0.39 is 0 Å². The highest BCUT2D eigenvalue weighted by molar-refractivity contribution is 5.11. The molecule has 0 aliphatic rings. The van der Waals surface area contributed by atoms with E-state index in [-0.39, 0.29) is 6.15 Å². The van der Waals surface area contributed by atoms with Crippen molar-refractivity contribution < 1.29 is 0 Å². The highest BCUT2D eigenvalue weighted by Gasteiger charge is 1.72. The average Bonchev–Trinajstić information content (AvgIpc) is 1.69. The molecule has 44 valence electrons. The van der Waals surface area contributed by atoms with Crippen LogP contribution in [-0.2, 0) is 0 Å². The maximum Gasteiger partial charge on any atom is -0.0398 e. The van der Waals surface area contributed by atoms with Crippen molar-refractivity contribution in [3.05, 3.63) is 35.9 Å². The smallest absolute Gasteiger partial charge is 0.0398 e. The monoisotopic (exact) mass is 109 g/mol. The predicted molar refractivity (Wildman–Crippen MR) is 36.2 cm³/mol. The second kappa shape index (κ2) is 3.22. The summed E-state index contributed by atoms with van der Waals surface area (Å²) in [5.41, 5.74) is 1.32. The molecular formula is C7H11N. The van der Waals surface area contributed by atoms with E-state index in [1.165, 1.54) is 5.56 Å². The lowest BCUT2D eigenvalue weighted by atomic mass is 10.2. The first kappa shape index (κ1) is 7.18. The Balaban J connectivity index is 0.000000490.